The molecule has 17 nitrogen and oxygen atoms in total. The van der Waals surface area contributed by atoms with Gasteiger partial charge in [0, 0.05) is 32.2 Å². The number of hydrogen-bond acceptors (Lipinski definition) is 10. The summed E-state index contributed by atoms with van der Waals surface area (Å²) in [5.41, 5.74) is 6.26. The predicted octanol–water partition coefficient (Wildman–Crippen LogP) is 2.41. The normalized spacial score (nSPS) is 12.7. The summed E-state index contributed by atoms with van der Waals surface area (Å²) in [7, 11) is 1.55. The summed E-state index contributed by atoms with van der Waals surface area (Å²) >= 11 is 0. The maximum absolute atomic E-state index is 13.8. The third-order valence-corrected chi connectivity index (χ3v) is 8.19. The highest BCUT2D eigenvalue weighted by Gasteiger charge is 2.32. The fourth-order valence-corrected chi connectivity index (χ4v) is 5.01. The molecule has 0 bridgehead atoms. The van der Waals surface area contributed by atoms with Crippen molar-refractivity contribution in [1.82, 2.24) is 21.3 Å². The van der Waals surface area contributed by atoms with Crippen molar-refractivity contribution in [1.29, 1.82) is 0 Å². The topological polar surface area (TPSA) is 254 Å². The molecule has 0 heterocycles. The predicted molar refractivity (Wildman–Crippen MR) is 206 cm³/mol. The minimum absolute atomic E-state index is 0.00510. The highest BCUT2D eigenvalue weighted by atomic mass is 16.5. The summed E-state index contributed by atoms with van der Waals surface area (Å²) < 4.78 is 15.9. The van der Waals surface area contributed by atoms with Crippen LogP contribution in [0, 0.1) is 11.3 Å². The van der Waals surface area contributed by atoms with Crippen LogP contribution in [0.25, 0.3) is 0 Å². The third kappa shape index (κ3) is 17.6. The number of carbonyl (C=O) groups is 7. The van der Waals surface area contributed by atoms with Crippen LogP contribution >= 0.6 is 0 Å². The lowest BCUT2D eigenvalue weighted by Gasteiger charge is -2.27. The van der Waals surface area contributed by atoms with Crippen molar-refractivity contribution in [3.8, 4) is 5.75 Å². The number of carbonyl (C=O) groups excluding carboxylic acids is 6. The Morgan fingerprint density at radius 2 is 1.43 bits per heavy atom. The maximum atomic E-state index is 13.8. The third-order valence-electron chi connectivity index (χ3n) is 8.19. The smallest absolute Gasteiger partial charge is 0.312 e. The Hall–Kier alpha value is -5.71. The van der Waals surface area contributed by atoms with Crippen LogP contribution in [0.2, 0.25) is 0 Å². The molecule has 0 aliphatic carbocycles. The Morgan fingerprint density at radius 1 is 0.786 bits per heavy atom. The zero-order valence-electron chi connectivity index (χ0n) is 32.9. The summed E-state index contributed by atoms with van der Waals surface area (Å²) in [5.74, 6) is -4.08. The number of carboxylic acids is 1. The molecule has 308 valence electrons. The summed E-state index contributed by atoms with van der Waals surface area (Å²) in [6.45, 7) is 9.52. The van der Waals surface area contributed by atoms with Gasteiger partial charge in [0.2, 0.25) is 23.6 Å². The molecule has 0 aromatic heterocycles. The number of primary amides is 1. The van der Waals surface area contributed by atoms with E-state index in [1.807, 2.05) is 0 Å². The molecule has 56 heavy (non-hydrogen) atoms. The SMILES string of the molecule is COCCOc1ccc(C[C@H](NC(=O)CCC(=O)O)C(=O)N[C@H](C(=O)N[C@@H](CCCNC(N)=O)C(=O)Nc2ccc(COC(=O)C(C)(C)C)cc2)C(C)C)cc1. The highest BCUT2D eigenvalue weighted by Crippen LogP contribution is 2.18. The standard InChI is InChI=1S/C39H56N6O11/c1-24(2)33(45-35(50)30(43-31(46)17-18-32(47)48)22-25-11-15-28(16-12-25)55-21-20-54-6)36(51)44-29(8-7-19-41-38(40)53)34(49)42-27-13-9-26(10-14-27)23-56-37(52)39(3,4)5/h9-16,24,29-30,33H,7-8,17-23H2,1-6H3,(H,42,49)(H,43,46)(H,44,51)(H,45,50)(H,47,48)(H3,40,41,53)/t29-,30-,33-/m0/s1. The van der Waals surface area contributed by atoms with Crippen molar-refractivity contribution in [2.24, 2.45) is 17.1 Å². The summed E-state index contributed by atoms with van der Waals surface area (Å²) in [4.78, 5) is 88.2. The fourth-order valence-electron chi connectivity index (χ4n) is 5.01. The Balaban J connectivity index is 2.23. The van der Waals surface area contributed by atoms with Crippen LogP contribution in [-0.4, -0.2) is 91.7 Å². The number of aliphatic carboxylic acids is 1. The Bertz CT molecular complexity index is 1630. The molecule has 0 saturated carbocycles. The first-order valence-electron chi connectivity index (χ1n) is 18.3. The molecule has 0 unspecified atom stereocenters. The summed E-state index contributed by atoms with van der Waals surface area (Å²) in [6.07, 6.45) is -0.455. The van der Waals surface area contributed by atoms with Gasteiger partial charge in [0.25, 0.3) is 0 Å². The molecular formula is C39H56N6O11. The lowest BCUT2D eigenvalue weighted by molar-refractivity contribution is -0.154. The number of urea groups is 1. The molecule has 0 spiro atoms. The average molecular weight is 785 g/mol. The van der Waals surface area contributed by atoms with Crippen LogP contribution < -0.4 is 37.1 Å². The van der Waals surface area contributed by atoms with Crippen molar-refractivity contribution >= 4 is 47.3 Å². The van der Waals surface area contributed by atoms with Gasteiger partial charge in [-0.2, -0.15) is 0 Å². The van der Waals surface area contributed by atoms with E-state index < -0.39 is 71.5 Å². The average Bonchev–Trinajstić information content (AvgIpc) is 3.13. The van der Waals surface area contributed by atoms with E-state index >= 15 is 0 Å². The first-order chi connectivity index (χ1) is 26.4. The molecule has 17 heteroatoms. The molecule has 2 rings (SSSR count). The van der Waals surface area contributed by atoms with Gasteiger partial charge in [-0.15, -0.1) is 0 Å². The van der Waals surface area contributed by atoms with Crippen LogP contribution in [0.4, 0.5) is 10.5 Å². The van der Waals surface area contributed by atoms with E-state index in [4.69, 9.17) is 25.1 Å². The van der Waals surface area contributed by atoms with Gasteiger partial charge in [-0.3, -0.25) is 28.8 Å². The fraction of sp³-hybridized carbons (Fsp3) is 0.513. The first-order valence-corrected chi connectivity index (χ1v) is 18.3. The van der Waals surface area contributed by atoms with E-state index in [0.29, 0.717) is 35.8 Å². The van der Waals surface area contributed by atoms with Gasteiger partial charge >= 0.3 is 18.0 Å². The molecule has 3 atom stereocenters. The number of benzene rings is 2. The molecule has 2 aromatic carbocycles. The molecule has 8 N–H and O–H groups in total. The minimum Gasteiger partial charge on any atom is -0.491 e. The lowest BCUT2D eigenvalue weighted by atomic mass is 9.97. The van der Waals surface area contributed by atoms with Gasteiger partial charge < -0.3 is 51.6 Å². The van der Waals surface area contributed by atoms with E-state index in [1.165, 1.54) is 0 Å². The maximum Gasteiger partial charge on any atom is 0.312 e. The van der Waals surface area contributed by atoms with Gasteiger partial charge in [-0.25, -0.2) is 4.79 Å². The van der Waals surface area contributed by atoms with Crippen molar-refractivity contribution < 1.29 is 52.9 Å². The lowest BCUT2D eigenvalue weighted by Crippen LogP contribution is -2.58. The molecule has 0 fully saturated rings. The van der Waals surface area contributed by atoms with Crippen LogP contribution in [0.1, 0.15) is 71.4 Å². The molecule has 0 saturated heterocycles. The molecule has 6 amide bonds. The summed E-state index contributed by atoms with van der Waals surface area (Å²) in [5, 5.41) is 22.3. The minimum atomic E-state index is -1.19. The number of rotatable bonds is 23. The van der Waals surface area contributed by atoms with Crippen LogP contribution in [0.5, 0.6) is 5.75 Å². The summed E-state index contributed by atoms with van der Waals surface area (Å²) in [6, 6.07) is 9.21. The van der Waals surface area contributed by atoms with Crippen LogP contribution in [-0.2, 0) is 51.3 Å². The van der Waals surface area contributed by atoms with E-state index in [0.717, 1.165) is 0 Å². The molecule has 0 radical (unpaired) electrons. The number of methoxy groups -OCH3 is 1. The highest BCUT2D eigenvalue weighted by molar-refractivity contribution is 5.99. The zero-order chi connectivity index (χ0) is 41.8. The van der Waals surface area contributed by atoms with Crippen LogP contribution in [0.3, 0.4) is 0 Å². The van der Waals surface area contributed by atoms with Gasteiger partial charge in [0.1, 0.15) is 37.1 Å². The van der Waals surface area contributed by atoms with Gasteiger partial charge in [0.15, 0.2) is 0 Å². The number of ether oxygens (including phenoxy) is 3. The Morgan fingerprint density at radius 3 is 2.00 bits per heavy atom. The zero-order valence-corrected chi connectivity index (χ0v) is 32.9. The number of nitrogens with one attached hydrogen (secondary N) is 5. The second-order valence-corrected chi connectivity index (χ2v) is 14.4. The van der Waals surface area contributed by atoms with Gasteiger partial charge in [0.05, 0.1) is 18.4 Å². The second-order valence-electron chi connectivity index (χ2n) is 14.4. The van der Waals surface area contributed by atoms with E-state index in [1.54, 1.807) is 90.3 Å². The van der Waals surface area contributed by atoms with E-state index in [2.05, 4.69) is 26.6 Å². The number of nitrogens with two attached hydrogens (primary N) is 1. The van der Waals surface area contributed by atoms with Crippen molar-refractivity contribution in [2.75, 3.05) is 32.2 Å². The molecule has 2 aromatic rings. The van der Waals surface area contributed by atoms with Crippen molar-refractivity contribution in [2.45, 2.75) is 91.5 Å². The first kappa shape index (κ1) is 46.4. The number of amides is 6. The Labute approximate surface area is 327 Å². The largest absolute Gasteiger partial charge is 0.491 e. The monoisotopic (exact) mass is 784 g/mol. The van der Waals surface area contributed by atoms with Crippen molar-refractivity contribution in [3.63, 3.8) is 0 Å². The van der Waals surface area contributed by atoms with Crippen LogP contribution in [0.15, 0.2) is 48.5 Å². The van der Waals surface area contributed by atoms with E-state index in [-0.39, 0.29) is 44.8 Å². The van der Waals surface area contributed by atoms with Gasteiger partial charge in [-0.05, 0) is 74.9 Å². The quantitative estimate of drug-likeness (QED) is 0.0636. The molecule has 0 aliphatic heterocycles. The molecule has 0 aliphatic rings. The van der Waals surface area contributed by atoms with Gasteiger partial charge in [-0.1, -0.05) is 38.1 Å². The molecular weight excluding hydrogens is 728 g/mol. The Kier molecular flexibility index (Phi) is 19.3. The second kappa shape index (κ2) is 23.3. The van der Waals surface area contributed by atoms with E-state index in [9.17, 15) is 33.6 Å². The number of anilines is 1. The number of esters is 1. The number of hydrogen-bond donors (Lipinski definition) is 7. The van der Waals surface area contributed by atoms with Crippen molar-refractivity contribution in [3.05, 3.63) is 59.7 Å². The number of carboxylic acid groups (broad SMARTS) is 1.